The van der Waals surface area contributed by atoms with Crippen molar-refractivity contribution < 1.29 is 14.9 Å². The zero-order valence-corrected chi connectivity index (χ0v) is 15.7. The lowest BCUT2D eigenvalue weighted by Gasteiger charge is -2.52. The van der Waals surface area contributed by atoms with Gasteiger partial charge in [-0.25, -0.2) is 0 Å². The Hall–Kier alpha value is -1.32. The molecule has 0 bridgehead atoms. The molecule has 1 aromatic rings. The maximum absolute atomic E-state index is 10.8. The van der Waals surface area contributed by atoms with Gasteiger partial charge in [0.15, 0.2) is 0 Å². The summed E-state index contributed by atoms with van der Waals surface area (Å²) in [5.41, 5.74) is 3.90. The first-order chi connectivity index (χ1) is 11.1. The summed E-state index contributed by atoms with van der Waals surface area (Å²) < 4.78 is 5.66. The molecule has 1 fully saturated rings. The molecule has 0 heterocycles. The Kier molecular flexibility index (Phi) is 4.09. The Morgan fingerprint density at radius 2 is 1.83 bits per heavy atom. The van der Waals surface area contributed by atoms with Gasteiger partial charge in [-0.15, -0.1) is 0 Å². The highest BCUT2D eigenvalue weighted by molar-refractivity contribution is 5.56. The number of hydrogen-bond acceptors (Lipinski definition) is 3. The fourth-order valence-electron chi connectivity index (χ4n) is 4.70. The van der Waals surface area contributed by atoms with Crippen LogP contribution in [0, 0.1) is 5.41 Å². The second kappa shape index (κ2) is 5.60. The summed E-state index contributed by atoms with van der Waals surface area (Å²) in [6.45, 7) is 10.7. The summed E-state index contributed by atoms with van der Waals surface area (Å²) in [7, 11) is 1.71. The van der Waals surface area contributed by atoms with Crippen molar-refractivity contribution >= 4 is 0 Å². The van der Waals surface area contributed by atoms with Gasteiger partial charge < -0.3 is 14.9 Å². The van der Waals surface area contributed by atoms with Crippen molar-refractivity contribution in [3.05, 3.63) is 40.5 Å². The topological polar surface area (TPSA) is 49.7 Å². The van der Waals surface area contributed by atoms with Gasteiger partial charge in [-0.3, -0.25) is 0 Å². The van der Waals surface area contributed by atoms with Gasteiger partial charge in [0, 0.05) is 10.8 Å². The van der Waals surface area contributed by atoms with Crippen molar-refractivity contribution in [1.29, 1.82) is 0 Å². The van der Waals surface area contributed by atoms with Crippen molar-refractivity contribution in [3.63, 3.8) is 0 Å². The molecular weight excluding hydrogens is 300 g/mol. The summed E-state index contributed by atoms with van der Waals surface area (Å²) in [5, 5.41) is 21.3. The average molecular weight is 330 g/mol. The summed E-state index contributed by atoms with van der Waals surface area (Å²) in [5.74, 6) is 1.22. The van der Waals surface area contributed by atoms with Crippen molar-refractivity contribution in [2.24, 2.45) is 5.41 Å². The molecule has 3 nitrogen and oxygen atoms in total. The summed E-state index contributed by atoms with van der Waals surface area (Å²) in [4.78, 5) is 0. The minimum absolute atomic E-state index is 0.167. The van der Waals surface area contributed by atoms with Crippen LogP contribution in [-0.2, 0) is 5.41 Å². The summed E-state index contributed by atoms with van der Waals surface area (Å²) in [6, 6.07) is 4.23. The minimum Gasteiger partial charge on any atom is -0.496 e. The molecule has 3 heteroatoms. The zero-order chi connectivity index (χ0) is 17.9. The van der Waals surface area contributed by atoms with E-state index in [1.54, 1.807) is 7.11 Å². The Morgan fingerprint density at radius 1 is 1.17 bits per heavy atom. The molecule has 3 rings (SSSR count). The molecule has 132 valence electrons. The van der Waals surface area contributed by atoms with E-state index in [1.807, 2.05) is 6.08 Å². The third kappa shape index (κ3) is 2.33. The molecule has 1 aromatic carbocycles. The Bertz CT molecular complexity index is 687. The maximum atomic E-state index is 10.8. The smallest absolute Gasteiger partial charge is 0.122 e. The maximum Gasteiger partial charge on any atom is 0.122 e. The third-order valence-corrected chi connectivity index (χ3v) is 6.30. The Morgan fingerprint density at radius 3 is 2.42 bits per heavy atom. The van der Waals surface area contributed by atoms with Crippen LogP contribution in [0.25, 0.3) is 0 Å². The van der Waals surface area contributed by atoms with Crippen LogP contribution in [0.4, 0.5) is 0 Å². The van der Waals surface area contributed by atoms with E-state index in [0.29, 0.717) is 5.92 Å². The first-order valence-corrected chi connectivity index (χ1v) is 8.94. The van der Waals surface area contributed by atoms with Gasteiger partial charge in [0.25, 0.3) is 0 Å². The molecule has 2 unspecified atom stereocenters. The molecule has 0 aromatic heterocycles. The minimum atomic E-state index is -0.629. The van der Waals surface area contributed by atoms with E-state index in [-0.39, 0.29) is 16.9 Å². The van der Waals surface area contributed by atoms with Crippen LogP contribution in [0.15, 0.2) is 23.8 Å². The molecule has 0 saturated heterocycles. The highest BCUT2D eigenvalue weighted by Gasteiger charge is 2.50. The van der Waals surface area contributed by atoms with E-state index in [1.165, 1.54) is 0 Å². The number of aliphatic hydroxyl groups excluding tert-OH is 2. The third-order valence-electron chi connectivity index (χ3n) is 6.30. The molecule has 0 spiro atoms. The van der Waals surface area contributed by atoms with E-state index in [2.05, 4.69) is 46.8 Å². The highest BCUT2D eigenvalue weighted by Crippen LogP contribution is 2.57. The van der Waals surface area contributed by atoms with Crippen LogP contribution in [-0.4, -0.2) is 23.4 Å². The van der Waals surface area contributed by atoms with Gasteiger partial charge in [-0.05, 0) is 47.6 Å². The second-order valence-corrected chi connectivity index (χ2v) is 8.47. The van der Waals surface area contributed by atoms with E-state index in [0.717, 1.165) is 40.9 Å². The summed E-state index contributed by atoms with van der Waals surface area (Å²) in [6.07, 6.45) is 2.62. The SMILES string of the molecule is COc1cc2c(cc1C(C)C)C(O)C=C1C(C)(C)C(O)CC[C@@]12C. The second-order valence-electron chi connectivity index (χ2n) is 8.47. The van der Waals surface area contributed by atoms with Gasteiger partial charge in [0.1, 0.15) is 5.75 Å². The molecule has 24 heavy (non-hydrogen) atoms. The Balaban J connectivity index is 2.24. The fourth-order valence-corrected chi connectivity index (χ4v) is 4.70. The lowest BCUT2D eigenvalue weighted by Crippen LogP contribution is -2.47. The molecule has 0 aliphatic heterocycles. The van der Waals surface area contributed by atoms with Crippen LogP contribution in [0.3, 0.4) is 0 Å². The molecular formula is C21H30O3. The van der Waals surface area contributed by atoms with Gasteiger partial charge in [-0.1, -0.05) is 46.3 Å². The average Bonchev–Trinajstić information content (AvgIpc) is 2.53. The van der Waals surface area contributed by atoms with Crippen molar-refractivity contribution in [3.8, 4) is 5.75 Å². The number of benzene rings is 1. The van der Waals surface area contributed by atoms with Crippen molar-refractivity contribution in [2.75, 3.05) is 7.11 Å². The van der Waals surface area contributed by atoms with Crippen LogP contribution >= 0.6 is 0 Å². The van der Waals surface area contributed by atoms with Crippen LogP contribution in [0.5, 0.6) is 5.75 Å². The molecule has 0 amide bonds. The summed E-state index contributed by atoms with van der Waals surface area (Å²) >= 11 is 0. The predicted molar refractivity (Wildman–Crippen MR) is 96.5 cm³/mol. The Labute approximate surface area is 145 Å². The largest absolute Gasteiger partial charge is 0.496 e. The standard InChI is InChI=1S/C21H30O3/c1-12(2)13-9-14-15(10-17(13)24-6)21(5)8-7-19(23)20(3,4)18(21)11-16(14)22/h9-12,16,19,22-23H,7-8H2,1-6H3/t16?,19?,21-/m1/s1. The van der Waals surface area contributed by atoms with Crippen LogP contribution in [0.1, 0.15) is 76.2 Å². The zero-order valence-electron chi connectivity index (χ0n) is 15.7. The van der Waals surface area contributed by atoms with Gasteiger partial charge in [-0.2, -0.15) is 0 Å². The number of fused-ring (bicyclic) bond motifs is 3. The first-order valence-electron chi connectivity index (χ1n) is 8.94. The number of aliphatic hydroxyl groups is 2. The normalized spacial score (nSPS) is 31.3. The number of rotatable bonds is 2. The van der Waals surface area contributed by atoms with Gasteiger partial charge in [0.05, 0.1) is 19.3 Å². The van der Waals surface area contributed by atoms with Crippen LogP contribution < -0.4 is 4.74 Å². The lowest BCUT2D eigenvalue weighted by atomic mass is 9.54. The first kappa shape index (κ1) is 17.5. The lowest BCUT2D eigenvalue weighted by molar-refractivity contribution is 0.0257. The molecule has 1 saturated carbocycles. The van der Waals surface area contributed by atoms with Gasteiger partial charge in [0.2, 0.25) is 0 Å². The monoisotopic (exact) mass is 330 g/mol. The molecule has 0 radical (unpaired) electrons. The number of ether oxygens (including phenoxy) is 1. The fraction of sp³-hybridized carbons (Fsp3) is 0.619. The predicted octanol–water partition coefficient (Wildman–Crippen LogP) is 4.23. The van der Waals surface area contributed by atoms with Gasteiger partial charge >= 0.3 is 0 Å². The van der Waals surface area contributed by atoms with Crippen LogP contribution in [0.2, 0.25) is 0 Å². The molecule has 3 atom stereocenters. The molecule has 2 N–H and O–H groups in total. The molecule has 2 aliphatic carbocycles. The number of hydrogen-bond donors (Lipinski definition) is 2. The quantitative estimate of drug-likeness (QED) is 0.798. The van der Waals surface area contributed by atoms with E-state index in [4.69, 9.17) is 4.74 Å². The van der Waals surface area contributed by atoms with Crippen molar-refractivity contribution in [2.45, 2.75) is 71.0 Å². The van der Waals surface area contributed by atoms with E-state index >= 15 is 0 Å². The molecule has 2 aliphatic rings. The van der Waals surface area contributed by atoms with E-state index < -0.39 is 6.10 Å². The highest BCUT2D eigenvalue weighted by atomic mass is 16.5. The van der Waals surface area contributed by atoms with E-state index in [9.17, 15) is 10.2 Å². The van der Waals surface area contributed by atoms with Crippen molar-refractivity contribution in [1.82, 2.24) is 0 Å². The number of methoxy groups -OCH3 is 1.